The summed E-state index contributed by atoms with van der Waals surface area (Å²) >= 11 is 0. The van der Waals surface area contributed by atoms with Gasteiger partial charge < -0.3 is 0 Å². The van der Waals surface area contributed by atoms with Gasteiger partial charge in [-0.15, -0.1) is 0 Å². The molecule has 0 saturated carbocycles. The average molecular weight is 197 g/mol. The van der Waals surface area contributed by atoms with Crippen molar-refractivity contribution in [3.63, 3.8) is 0 Å². The molecule has 0 aromatic rings. The van der Waals surface area contributed by atoms with Gasteiger partial charge in [0.15, 0.2) is 0 Å². The predicted molar refractivity (Wildman–Crippen MR) is 66.3 cm³/mol. The molecule has 0 fully saturated rings. The summed E-state index contributed by atoms with van der Waals surface area (Å²) < 4.78 is 0. The van der Waals surface area contributed by atoms with Gasteiger partial charge in [-0.1, -0.05) is 59.8 Å². The van der Waals surface area contributed by atoms with Crippen molar-refractivity contribution < 1.29 is 0 Å². The monoisotopic (exact) mass is 197 g/mol. The summed E-state index contributed by atoms with van der Waals surface area (Å²) in [5.41, 5.74) is 0.380. The lowest BCUT2D eigenvalue weighted by Crippen LogP contribution is -2.15. The molecule has 0 aromatic heterocycles. The van der Waals surface area contributed by atoms with E-state index in [1.807, 2.05) is 0 Å². The summed E-state index contributed by atoms with van der Waals surface area (Å²) in [7, 11) is 0. The van der Waals surface area contributed by atoms with E-state index in [9.17, 15) is 0 Å². The highest BCUT2D eigenvalue weighted by Crippen LogP contribution is 2.33. The Labute approximate surface area is 91.5 Å². The maximum Gasteiger partial charge on any atom is -0.0300 e. The van der Waals surface area contributed by atoms with Gasteiger partial charge in [0.25, 0.3) is 0 Å². The molecule has 0 saturated heterocycles. The largest absolute Gasteiger partial charge is 0.0654 e. The van der Waals surface area contributed by atoms with E-state index in [-0.39, 0.29) is 0 Å². The zero-order valence-electron chi connectivity index (χ0n) is 10.7. The van der Waals surface area contributed by atoms with Gasteiger partial charge in [0.1, 0.15) is 0 Å². The smallest absolute Gasteiger partial charge is 0.0300 e. The van der Waals surface area contributed by atoms with Crippen molar-refractivity contribution in [1.29, 1.82) is 0 Å². The molecule has 1 unspecified atom stereocenters. The van der Waals surface area contributed by atoms with Gasteiger partial charge in [-0.3, -0.25) is 0 Å². The van der Waals surface area contributed by atoms with Gasteiger partial charge in [0, 0.05) is 0 Å². The highest BCUT2D eigenvalue weighted by atomic mass is 14.3. The molecular weight excluding hydrogens is 168 g/mol. The van der Waals surface area contributed by atoms with Crippen molar-refractivity contribution in [1.82, 2.24) is 0 Å². The summed E-state index contributed by atoms with van der Waals surface area (Å²) in [6.07, 6.45) is 9.26. The van der Waals surface area contributed by atoms with Crippen LogP contribution in [-0.2, 0) is 0 Å². The maximum absolute atomic E-state index is 4.42. The molecule has 0 aliphatic carbocycles. The molecule has 0 N–H and O–H groups in total. The molecule has 85 valence electrons. The van der Waals surface area contributed by atoms with Crippen LogP contribution in [0.15, 0.2) is 0 Å². The third-order valence-electron chi connectivity index (χ3n) is 3.30. The van der Waals surface area contributed by atoms with Gasteiger partial charge in [-0.2, -0.15) is 0 Å². The second-order valence-corrected chi connectivity index (χ2v) is 5.24. The van der Waals surface area contributed by atoms with Crippen LogP contribution in [-0.4, -0.2) is 0 Å². The molecule has 0 aliphatic rings. The second-order valence-electron chi connectivity index (χ2n) is 5.24. The van der Waals surface area contributed by atoms with E-state index in [4.69, 9.17) is 0 Å². The molecule has 0 amide bonds. The van der Waals surface area contributed by atoms with Crippen molar-refractivity contribution in [2.75, 3.05) is 0 Å². The first-order chi connectivity index (χ1) is 6.54. The highest BCUT2D eigenvalue weighted by Gasteiger charge is 2.20. The number of hydrogen-bond acceptors (Lipinski definition) is 0. The van der Waals surface area contributed by atoms with E-state index in [1.54, 1.807) is 0 Å². The SMILES string of the molecule is [CH2]C(CC)(CCCC)CCCC(C)C. The summed E-state index contributed by atoms with van der Waals surface area (Å²) in [6.45, 7) is 13.6. The third-order valence-corrected chi connectivity index (χ3v) is 3.30. The molecule has 0 aliphatic heterocycles. The molecular formula is C14H29. The molecule has 0 heteroatoms. The lowest BCUT2D eigenvalue weighted by Gasteiger charge is -2.28. The van der Waals surface area contributed by atoms with E-state index < -0.39 is 0 Å². The molecule has 0 rings (SSSR count). The molecule has 0 nitrogen and oxygen atoms in total. The van der Waals surface area contributed by atoms with Crippen molar-refractivity contribution in [2.45, 2.75) is 72.6 Å². The number of unbranched alkanes of at least 4 members (excludes halogenated alkanes) is 1. The lowest BCUT2D eigenvalue weighted by molar-refractivity contribution is 0.280. The Morgan fingerprint density at radius 1 is 1.07 bits per heavy atom. The summed E-state index contributed by atoms with van der Waals surface area (Å²) in [5, 5.41) is 0. The van der Waals surface area contributed by atoms with E-state index in [1.165, 1.54) is 44.9 Å². The van der Waals surface area contributed by atoms with Gasteiger partial charge in [-0.05, 0) is 31.1 Å². The first-order valence-corrected chi connectivity index (χ1v) is 6.39. The normalized spacial score (nSPS) is 15.9. The van der Waals surface area contributed by atoms with E-state index in [0.717, 1.165) is 5.92 Å². The van der Waals surface area contributed by atoms with Crippen molar-refractivity contribution in [2.24, 2.45) is 11.3 Å². The van der Waals surface area contributed by atoms with E-state index in [2.05, 4.69) is 34.6 Å². The van der Waals surface area contributed by atoms with Crippen LogP contribution in [0.3, 0.4) is 0 Å². The Kier molecular flexibility index (Phi) is 7.31. The molecule has 1 radical (unpaired) electrons. The van der Waals surface area contributed by atoms with Gasteiger partial charge in [0.05, 0.1) is 0 Å². The van der Waals surface area contributed by atoms with Crippen LogP contribution in [0.1, 0.15) is 72.6 Å². The average Bonchev–Trinajstić information content (AvgIpc) is 2.14. The van der Waals surface area contributed by atoms with Crippen LogP contribution in [0.4, 0.5) is 0 Å². The van der Waals surface area contributed by atoms with Crippen LogP contribution in [0.5, 0.6) is 0 Å². The molecule has 0 spiro atoms. The Balaban J connectivity index is 3.74. The Bertz CT molecular complexity index is 126. The molecule has 0 aromatic carbocycles. The van der Waals surface area contributed by atoms with Crippen LogP contribution in [0, 0.1) is 18.3 Å². The van der Waals surface area contributed by atoms with E-state index in [0.29, 0.717) is 5.41 Å². The third kappa shape index (κ3) is 6.45. The van der Waals surface area contributed by atoms with E-state index >= 15 is 0 Å². The first-order valence-electron chi connectivity index (χ1n) is 6.39. The van der Waals surface area contributed by atoms with Crippen molar-refractivity contribution >= 4 is 0 Å². The summed E-state index contributed by atoms with van der Waals surface area (Å²) in [5.74, 6) is 0.849. The molecule has 0 bridgehead atoms. The van der Waals surface area contributed by atoms with Crippen LogP contribution in [0.25, 0.3) is 0 Å². The van der Waals surface area contributed by atoms with Gasteiger partial charge >= 0.3 is 0 Å². The number of hydrogen-bond donors (Lipinski definition) is 0. The predicted octanol–water partition coefficient (Wildman–Crippen LogP) is 5.23. The van der Waals surface area contributed by atoms with Crippen molar-refractivity contribution in [3.8, 4) is 0 Å². The van der Waals surface area contributed by atoms with Crippen LogP contribution < -0.4 is 0 Å². The first kappa shape index (κ1) is 14.0. The van der Waals surface area contributed by atoms with Gasteiger partial charge in [-0.25, -0.2) is 0 Å². The fourth-order valence-electron chi connectivity index (χ4n) is 1.92. The lowest BCUT2D eigenvalue weighted by atomic mass is 9.77. The zero-order chi connectivity index (χ0) is 11.0. The fraction of sp³-hybridized carbons (Fsp3) is 0.929. The highest BCUT2D eigenvalue weighted by molar-refractivity contribution is 4.80. The minimum Gasteiger partial charge on any atom is -0.0654 e. The minimum atomic E-state index is 0.380. The van der Waals surface area contributed by atoms with Gasteiger partial charge in [0.2, 0.25) is 0 Å². The maximum atomic E-state index is 4.42. The molecule has 1 atom stereocenters. The van der Waals surface area contributed by atoms with Crippen molar-refractivity contribution in [3.05, 3.63) is 6.92 Å². The minimum absolute atomic E-state index is 0.380. The standard InChI is InChI=1S/C14H29/c1-6-8-11-14(5,7-2)12-9-10-13(3)4/h13H,5-12H2,1-4H3. The Hall–Kier alpha value is 0. The fourth-order valence-corrected chi connectivity index (χ4v) is 1.92. The molecule has 14 heavy (non-hydrogen) atoms. The molecule has 0 heterocycles. The van der Waals surface area contributed by atoms with Crippen LogP contribution >= 0.6 is 0 Å². The van der Waals surface area contributed by atoms with Crippen LogP contribution in [0.2, 0.25) is 0 Å². The number of rotatable bonds is 8. The summed E-state index contributed by atoms with van der Waals surface area (Å²) in [6, 6.07) is 0. The summed E-state index contributed by atoms with van der Waals surface area (Å²) in [4.78, 5) is 0. The second kappa shape index (κ2) is 7.31. The quantitative estimate of drug-likeness (QED) is 0.499. The topological polar surface area (TPSA) is 0 Å². The zero-order valence-corrected chi connectivity index (χ0v) is 10.7. The Morgan fingerprint density at radius 3 is 2.07 bits per heavy atom. The Morgan fingerprint density at radius 2 is 1.64 bits per heavy atom.